The number of amides is 1. The van der Waals surface area contributed by atoms with Gasteiger partial charge in [0.15, 0.2) is 0 Å². The fourth-order valence-electron chi connectivity index (χ4n) is 1.58. The van der Waals surface area contributed by atoms with Crippen LogP contribution in [0, 0.1) is 5.92 Å². The Kier molecular flexibility index (Phi) is 5.76. The van der Waals surface area contributed by atoms with Crippen molar-refractivity contribution in [3.05, 3.63) is 27.7 Å². The first-order chi connectivity index (χ1) is 8.41. The van der Waals surface area contributed by atoms with E-state index in [4.69, 9.17) is 28.9 Å². The number of nitrogens with two attached hydrogens (primary N) is 1. The number of anilines is 1. The van der Waals surface area contributed by atoms with Gasteiger partial charge in [-0.05, 0) is 30.9 Å². The van der Waals surface area contributed by atoms with Crippen molar-refractivity contribution in [2.45, 2.75) is 26.7 Å². The normalized spacial score (nSPS) is 10.7. The number of halogens is 2. The fourth-order valence-corrected chi connectivity index (χ4v) is 2.01. The van der Waals surface area contributed by atoms with Crippen LogP contribution in [-0.4, -0.2) is 12.5 Å². The highest BCUT2D eigenvalue weighted by Crippen LogP contribution is 2.28. The zero-order valence-corrected chi connectivity index (χ0v) is 12.1. The molecule has 0 bridgehead atoms. The van der Waals surface area contributed by atoms with E-state index in [2.05, 4.69) is 19.2 Å². The summed E-state index contributed by atoms with van der Waals surface area (Å²) in [6.45, 7) is 4.92. The largest absolute Gasteiger partial charge is 0.399 e. The van der Waals surface area contributed by atoms with Crippen LogP contribution in [0.2, 0.25) is 10.0 Å². The van der Waals surface area contributed by atoms with Crippen LogP contribution in [0.25, 0.3) is 0 Å². The molecule has 0 aliphatic heterocycles. The average molecular weight is 289 g/mol. The lowest BCUT2D eigenvalue weighted by molar-refractivity contribution is 0.0952. The van der Waals surface area contributed by atoms with Crippen molar-refractivity contribution >= 4 is 34.8 Å². The van der Waals surface area contributed by atoms with E-state index in [-0.39, 0.29) is 10.9 Å². The smallest absolute Gasteiger partial charge is 0.252 e. The SMILES string of the molecule is CC(C)CCCNC(=O)c1cc(N)cc(Cl)c1Cl. The van der Waals surface area contributed by atoms with Crippen LogP contribution < -0.4 is 11.1 Å². The lowest BCUT2D eigenvalue weighted by atomic mass is 10.1. The lowest BCUT2D eigenvalue weighted by Crippen LogP contribution is -2.25. The number of carbonyl (C=O) groups is 1. The Balaban J connectivity index is 2.62. The first kappa shape index (κ1) is 15.1. The van der Waals surface area contributed by atoms with Gasteiger partial charge in [-0.25, -0.2) is 0 Å². The fraction of sp³-hybridized carbons (Fsp3) is 0.462. The van der Waals surface area contributed by atoms with Gasteiger partial charge < -0.3 is 11.1 Å². The number of carbonyl (C=O) groups excluding carboxylic acids is 1. The van der Waals surface area contributed by atoms with E-state index in [1.807, 2.05) is 0 Å². The average Bonchev–Trinajstić information content (AvgIpc) is 2.28. The standard InChI is InChI=1S/C13H18Cl2N2O/c1-8(2)4-3-5-17-13(18)10-6-9(16)7-11(14)12(10)15/h6-8H,3-5,16H2,1-2H3,(H,17,18). The number of benzene rings is 1. The van der Waals surface area contributed by atoms with Crippen molar-refractivity contribution in [2.75, 3.05) is 12.3 Å². The molecular weight excluding hydrogens is 271 g/mol. The minimum atomic E-state index is -0.238. The Morgan fingerprint density at radius 2 is 2.06 bits per heavy atom. The monoisotopic (exact) mass is 288 g/mol. The summed E-state index contributed by atoms with van der Waals surface area (Å²) >= 11 is 11.8. The van der Waals surface area contributed by atoms with Crippen LogP contribution in [0.15, 0.2) is 12.1 Å². The highest BCUT2D eigenvalue weighted by Gasteiger charge is 2.13. The summed E-state index contributed by atoms with van der Waals surface area (Å²) in [7, 11) is 0. The summed E-state index contributed by atoms with van der Waals surface area (Å²) in [4.78, 5) is 11.9. The van der Waals surface area contributed by atoms with E-state index in [0.29, 0.717) is 28.7 Å². The molecule has 0 aliphatic rings. The molecule has 100 valence electrons. The molecule has 18 heavy (non-hydrogen) atoms. The second-order valence-corrected chi connectivity index (χ2v) is 5.44. The number of hydrogen-bond acceptors (Lipinski definition) is 2. The maximum atomic E-state index is 11.9. The molecule has 3 nitrogen and oxygen atoms in total. The molecular formula is C13H18Cl2N2O. The van der Waals surface area contributed by atoms with Crippen molar-refractivity contribution in [3.8, 4) is 0 Å². The van der Waals surface area contributed by atoms with Gasteiger partial charge in [-0.2, -0.15) is 0 Å². The van der Waals surface area contributed by atoms with E-state index in [0.717, 1.165) is 12.8 Å². The van der Waals surface area contributed by atoms with Gasteiger partial charge in [0.25, 0.3) is 5.91 Å². The van der Waals surface area contributed by atoms with Gasteiger partial charge in [-0.15, -0.1) is 0 Å². The van der Waals surface area contributed by atoms with Crippen molar-refractivity contribution in [1.82, 2.24) is 5.32 Å². The zero-order chi connectivity index (χ0) is 13.7. The number of nitrogen functional groups attached to an aromatic ring is 1. The van der Waals surface area contributed by atoms with Crippen molar-refractivity contribution in [2.24, 2.45) is 5.92 Å². The maximum absolute atomic E-state index is 11.9. The molecule has 5 heteroatoms. The highest BCUT2D eigenvalue weighted by atomic mass is 35.5. The molecule has 0 saturated heterocycles. The van der Waals surface area contributed by atoms with Gasteiger partial charge in [0.1, 0.15) is 0 Å². The number of hydrogen-bond donors (Lipinski definition) is 2. The van der Waals surface area contributed by atoms with Crippen LogP contribution >= 0.6 is 23.2 Å². The van der Waals surface area contributed by atoms with Gasteiger partial charge in [-0.3, -0.25) is 4.79 Å². The summed E-state index contributed by atoms with van der Waals surface area (Å²) in [6.07, 6.45) is 2.02. The molecule has 1 aromatic rings. The number of rotatable bonds is 5. The minimum absolute atomic E-state index is 0.238. The molecule has 1 rings (SSSR count). The zero-order valence-electron chi connectivity index (χ0n) is 10.6. The predicted octanol–water partition coefficient (Wildman–Crippen LogP) is 3.74. The molecule has 3 N–H and O–H groups in total. The molecule has 0 aromatic heterocycles. The molecule has 0 aliphatic carbocycles. The summed E-state index contributed by atoms with van der Waals surface area (Å²) in [5.41, 5.74) is 6.39. The second-order valence-electron chi connectivity index (χ2n) is 4.66. The molecule has 1 aromatic carbocycles. The summed E-state index contributed by atoms with van der Waals surface area (Å²) in [5.74, 6) is 0.394. The summed E-state index contributed by atoms with van der Waals surface area (Å²) < 4.78 is 0. The number of nitrogens with one attached hydrogen (secondary N) is 1. The van der Waals surface area contributed by atoms with Crippen molar-refractivity contribution in [1.29, 1.82) is 0 Å². The first-order valence-corrected chi connectivity index (χ1v) is 6.70. The van der Waals surface area contributed by atoms with Gasteiger partial charge in [0, 0.05) is 12.2 Å². The van der Waals surface area contributed by atoms with Crippen molar-refractivity contribution in [3.63, 3.8) is 0 Å². The van der Waals surface area contributed by atoms with E-state index in [1.165, 1.54) is 12.1 Å². The molecule has 0 atom stereocenters. The maximum Gasteiger partial charge on any atom is 0.252 e. The molecule has 0 radical (unpaired) electrons. The molecule has 0 spiro atoms. The van der Waals surface area contributed by atoms with Crippen LogP contribution in [0.5, 0.6) is 0 Å². The highest BCUT2D eigenvalue weighted by molar-refractivity contribution is 6.44. The van der Waals surface area contributed by atoms with Gasteiger partial charge in [0.2, 0.25) is 0 Å². The minimum Gasteiger partial charge on any atom is -0.399 e. The Hall–Kier alpha value is -0.930. The van der Waals surface area contributed by atoms with Crippen molar-refractivity contribution < 1.29 is 4.79 Å². The van der Waals surface area contributed by atoms with Crippen LogP contribution in [0.3, 0.4) is 0 Å². The Morgan fingerprint density at radius 3 is 2.67 bits per heavy atom. The van der Waals surface area contributed by atoms with E-state index >= 15 is 0 Å². The summed E-state index contributed by atoms with van der Waals surface area (Å²) in [6, 6.07) is 3.06. The third-order valence-electron chi connectivity index (χ3n) is 2.54. The Labute approximate surface area is 118 Å². The van der Waals surface area contributed by atoms with Crippen LogP contribution in [0.4, 0.5) is 5.69 Å². The third-order valence-corrected chi connectivity index (χ3v) is 3.34. The Morgan fingerprint density at radius 1 is 1.39 bits per heavy atom. The Bertz CT molecular complexity index is 433. The van der Waals surface area contributed by atoms with E-state index < -0.39 is 0 Å². The van der Waals surface area contributed by atoms with Crippen LogP contribution in [0.1, 0.15) is 37.0 Å². The topological polar surface area (TPSA) is 55.1 Å². The molecule has 0 heterocycles. The lowest BCUT2D eigenvalue weighted by Gasteiger charge is -2.09. The quantitative estimate of drug-likeness (QED) is 0.641. The van der Waals surface area contributed by atoms with Gasteiger partial charge >= 0.3 is 0 Å². The molecule has 0 saturated carbocycles. The van der Waals surface area contributed by atoms with Crippen LogP contribution in [-0.2, 0) is 0 Å². The molecule has 0 unspecified atom stereocenters. The van der Waals surface area contributed by atoms with Gasteiger partial charge in [0.05, 0.1) is 15.6 Å². The molecule has 0 fully saturated rings. The summed E-state index contributed by atoms with van der Waals surface area (Å²) in [5, 5.41) is 3.35. The first-order valence-electron chi connectivity index (χ1n) is 5.94. The van der Waals surface area contributed by atoms with E-state index in [1.54, 1.807) is 0 Å². The third kappa shape index (κ3) is 4.39. The van der Waals surface area contributed by atoms with E-state index in [9.17, 15) is 4.79 Å². The predicted molar refractivity (Wildman–Crippen MR) is 77.3 cm³/mol. The second kappa shape index (κ2) is 6.86. The molecule has 1 amide bonds. The van der Waals surface area contributed by atoms with Gasteiger partial charge in [-0.1, -0.05) is 37.0 Å².